The molecule has 4 nitrogen and oxygen atoms in total. The van der Waals surface area contributed by atoms with Crippen LogP contribution in [-0.4, -0.2) is 22.2 Å². The molecule has 0 aliphatic carbocycles. The minimum absolute atomic E-state index is 0.00946. The highest BCUT2D eigenvalue weighted by Gasteiger charge is 2.40. The normalized spacial score (nSPS) is 11.5. The maximum absolute atomic E-state index is 14.0. The zero-order chi connectivity index (χ0) is 21.2. The molecule has 10 heteroatoms. The lowest BCUT2D eigenvalue weighted by Gasteiger charge is -2.13. The fourth-order valence-corrected chi connectivity index (χ4v) is 3.35. The quantitative estimate of drug-likeness (QED) is 0.541. The molecule has 0 aliphatic heterocycles. The molecule has 0 saturated carbocycles. The predicted octanol–water partition coefficient (Wildman–Crippen LogP) is 5.31. The summed E-state index contributed by atoms with van der Waals surface area (Å²) in [6.45, 7) is -0.00946. The molecule has 0 bridgehead atoms. The van der Waals surface area contributed by atoms with Crippen molar-refractivity contribution in [2.75, 3.05) is 6.54 Å². The minimum atomic E-state index is -4.93. The van der Waals surface area contributed by atoms with E-state index in [-0.39, 0.29) is 13.0 Å². The summed E-state index contributed by atoms with van der Waals surface area (Å²) in [5, 5.41) is 6.74. The first-order valence-corrected chi connectivity index (χ1v) is 9.07. The molecule has 29 heavy (non-hydrogen) atoms. The average molecular weight is 446 g/mol. The van der Waals surface area contributed by atoms with Gasteiger partial charge in [0.15, 0.2) is 5.69 Å². The van der Waals surface area contributed by atoms with Gasteiger partial charge >= 0.3 is 6.18 Å². The molecule has 0 aliphatic rings. The smallest absolute Gasteiger partial charge is 0.352 e. The van der Waals surface area contributed by atoms with Crippen LogP contribution in [0.1, 0.15) is 21.6 Å². The monoisotopic (exact) mass is 445 g/mol. The van der Waals surface area contributed by atoms with Gasteiger partial charge in [-0.1, -0.05) is 41.4 Å². The topological polar surface area (TPSA) is 46.9 Å². The first-order valence-electron chi connectivity index (χ1n) is 8.31. The summed E-state index contributed by atoms with van der Waals surface area (Å²) in [6, 6.07) is 9.73. The molecule has 1 heterocycles. The van der Waals surface area contributed by atoms with Crippen molar-refractivity contribution in [3.63, 3.8) is 0 Å². The summed E-state index contributed by atoms with van der Waals surface area (Å²) in [5.74, 6) is -1.90. The summed E-state index contributed by atoms with van der Waals surface area (Å²) in [5.41, 5.74) is -1.93. The summed E-state index contributed by atoms with van der Waals surface area (Å²) in [7, 11) is 0. The molecular formula is C19H13Cl2F4N3O. The van der Waals surface area contributed by atoms with E-state index < -0.39 is 34.8 Å². The van der Waals surface area contributed by atoms with Crippen molar-refractivity contribution < 1.29 is 22.4 Å². The molecule has 1 N–H and O–H groups in total. The summed E-state index contributed by atoms with van der Waals surface area (Å²) < 4.78 is 55.2. The number of carbonyl (C=O) groups excluding carboxylic acids is 1. The molecule has 0 unspecified atom stereocenters. The Balaban J connectivity index is 1.85. The van der Waals surface area contributed by atoms with Crippen molar-refractivity contribution in [2.45, 2.75) is 12.6 Å². The Labute approximate surface area is 173 Å². The van der Waals surface area contributed by atoms with E-state index >= 15 is 0 Å². The fraction of sp³-hybridized carbons (Fsp3) is 0.158. The lowest BCUT2D eigenvalue weighted by molar-refractivity contribution is -0.143. The van der Waals surface area contributed by atoms with Gasteiger partial charge in [0, 0.05) is 16.6 Å². The maximum atomic E-state index is 14.0. The number of carbonyl (C=O) groups is 1. The number of para-hydroxylation sites is 1. The number of hydrogen-bond donors (Lipinski definition) is 1. The lowest BCUT2D eigenvalue weighted by atomic mass is 10.1. The SMILES string of the molecule is O=C(NCCc1c(Cl)cccc1Cl)c1cnn(-c2ccccc2F)c1C(F)(F)F. The Morgan fingerprint density at radius 3 is 2.34 bits per heavy atom. The molecule has 3 rings (SSSR count). The molecule has 0 spiro atoms. The minimum Gasteiger partial charge on any atom is -0.352 e. The van der Waals surface area contributed by atoms with Crippen molar-refractivity contribution >= 4 is 29.1 Å². The third-order valence-corrected chi connectivity index (χ3v) is 4.79. The average Bonchev–Trinajstić information content (AvgIpc) is 3.10. The standard InChI is InChI=1S/C19H13Cl2F4N3O/c20-13-4-3-5-14(21)11(13)8-9-26-18(29)12-10-27-28(17(12)19(23,24)25)16-7-2-1-6-15(16)22/h1-7,10H,8-9H2,(H,26,29). The number of halogens is 6. The van der Waals surface area contributed by atoms with E-state index in [2.05, 4.69) is 10.4 Å². The van der Waals surface area contributed by atoms with Crippen LogP contribution >= 0.6 is 23.2 Å². The van der Waals surface area contributed by atoms with E-state index in [0.29, 0.717) is 20.3 Å². The number of nitrogens with zero attached hydrogens (tertiary/aromatic N) is 2. The number of alkyl halides is 3. The van der Waals surface area contributed by atoms with Gasteiger partial charge in [0.2, 0.25) is 0 Å². The third-order valence-electron chi connectivity index (χ3n) is 4.09. The van der Waals surface area contributed by atoms with Gasteiger partial charge in [-0.05, 0) is 36.2 Å². The largest absolute Gasteiger partial charge is 0.434 e. The van der Waals surface area contributed by atoms with Gasteiger partial charge in [-0.25, -0.2) is 9.07 Å². The fourth-order valence-electron chi connectivity index (χ4n) is 2.76. The van der Waals surface area contributed by atoms with Crippen LogP contribution in [0, 0.1) is 5.82 Å². The first kappa shape index (κ1) is 21.1. The van der Waals surface area contributed by atoms with Crippen molar-refractivity contribution in [3.8, 4) is 5.69 Å². The molecule has 152 valence electrons. The molecular weight excluding hydrogens is 433 g/mol. The molecule has 3 aromatic rings. The van der Waals surface area contributed by atoms with E-state index in [1.807, 2.05) is 0 Å². The van der Waals surface area contributed by atoms with Crippen LogP contribution in [-0.2, 0) is 12.6 Å². The zero-order valence-electron chi connectivity index (χ0n) is 14.6. The first-order chi connectivity index (χ1) is 13.7. The van der Waals surface area contributed by atoms with Crippen molar-refractivity contribution in [2.24, 2.45) is 0 Å². The molecule has 0 radical (unpaired) electrons. The Morgan fingerprint density at radius 1 is 1.07 bits per heavy atom. The van der Waals surface area contributed by atoms with Crippen molar-refractivity contribution in [1.82, 2.24) is 15.1 Å². The molecule has 0 atom stereocenters. The van der Waals surface area contributed by atoms with Crippen LogP contribution in [0.25, 0.3) is 5.69 Å². The molecule has 2 aromatic carbocycles. The van der Waals surface area contributed by atoms with Crippen LogP contribution in [0.2, 0.25) is 10.0 Å². The maximum Gasteiger partial charge on any atom is 0.434 e. The highest BCUT2D eigenvalue weighted by Crippen LogP contribution is 2.34. The van der Waals surface area contributed by atoms with Crippen LogP contribution in [0.4, 0.5) is 17.6 Å². The van der Waals surface area contributed by atoms with E-state index in [1.54, 1.807) is 18.2 Å². The molecule has 1 amide bonds. The number of amides is 1. The number of benzene rings is 2. The second kappa shape index (κ2) is 8.42. The van der Waals surface area contributed by atoms with Gasteiger partial charge in [-0.3, -0.25) is 4.79 Å². The zero-order valence-corrected chi connectivity index (χ0v) is 16.1. The second-order valence-electron chi connectivity index (χ2n) is 5.97. The molecule has 1 aromatic heterocycles. The Bertz CT molecular complexity index is 1030. The van der Waals surface area contributed by atoms with Gasteiger partial charge < -0.3 is 5.32 Å². The van der Waals surface area contributed by atoms with Crippen molar-refractivity contribution in [3.05, 3.63) is 81.3 Å². The summed E-state index contributed by atoms with van der Waals surface area (Å²) >= 11 is 12.1. The van der Waals surface area contributed by atoms with E-state index in [0.717, 1.165) is 18.3 Å². The number of nitrogens with one attached hydrogen (secondary N) is 1. The number of rotatable bonds is 5. The Hall–Kier alpha value is -2.58. The van der Waals surface area contributed by atoms with Gasteiger partial charge in [-0.2, -0.15) is 18.3 Å². The highest BCUT2D eigenvalue weighted by molar-refractivity contribution is 6.36. The molecule has 0 saturated heterocycles. The van der Waals surface area contributed by atoms with Crippen LogP contribution in [0.3, 0.4) is 0 Å². The summed E-state index contributed by atoms with van der Waals surface area (Å²) in [6.07, 6.45) is -3.96. The second-order valence-corrected chi connectivity index (χ2v) is 6.79. The van der Waals surface area contributed by atoms with Gasteiger partial charge in [0.1, 0.15) is 11.5 Å². The third kappa shape index (κ3) is 4.54. The Kier molecular flexibility index (Phi) is 6.14. The van der Waals surface area contributed by atoms with Gasteiger partial charge in [0.25, 0.3) is 5.91 Å². The molecule has 0 fully saturated rings. The van der Waals surface area contributed by atoms with Crippen LogP contribution in [0.15, 0.2) is 48.7 Å². The lowest BCUT2D eigenvalue weighted by Crippen LogP contribution is -2.28. The predicted molar refractivity (Wildman–Crippen MR) is 101 cm³/mol. The van der Waals surface area contributed by atoms with E-state index in [9.17, 15) is 22.4 Å². The number of aromatic nitrogens is 2. The van der Waals surface area contributed by atoms with Crippen LogP contribution in [0.5, 0.6) is 0 Å². The van der Waals surface area contributed by atoms with E-state index in [1.165, 1.54) is 12.1 Å². The highest BCUT2D eigenvalue weighted by atomic mass is 35.5. The van der Waals surface area contributed by atoms with Crippen LogP contribution < -0.4 is 5.32 Å². The summed E-state index contributed by atoms with van der Waals surface area (Å²) in [4.78, 5) is 12.4. The Morgan fingerprint density at radius 2 is 1.72 bits per heavy atom. The van der Waals surface area contributed by atoms with Gasteiger partial charge in [-0.15, -0.1) is 0 Å². The van der Waals surface area contributed by atoms with Crippen molar-refractivity contribution in [1.29, 1.82) is 0 Å². The number of hydrogen-bond acceptors (Lipinski definition) is 2. The van der Waals surface area contributed by atoms with E-state index in [4.69, 9.17) is 23.2 Å². The van der Waals surface area contributed by atoms with Gasteiger partial charge in [0.05, 0.1) is 11.8 Å².